The van der Waals surface area contributed by atoms with Crippen molar-refractivity contribution in [2.24, 2.45) is 0 Å². The van der Waals surface area contributed by atoms with Crippen molar-refractivity contribution >= 4 is 73.9 Å². The molecule has 0 aliphatic carbocycles. The van der Waals surface area contributed by atoms with Gasteiger partial charge in [0.2, 0.25) is 11.8 Å². The van der Waals surface area contributed by atoms with Gasteiger partial charge in [-0.05, 0) is 68.8 Å². The number of hydrogen-bond acceptors (Lipinski definition) is 4. The van der Waals surface area contributed by atoms with Crippen molar-refractivity contribution in [3.8, 4) is 0 Å². The molecule has 0 radical (unpaired) electrons. The second-order valence-corrected chi connectivity index (χ2v) is 12.6. The predicted octanol–water partition coefficient (Wildman–Crippen LogP) is 6.44. The Morgan fingerprint density at radius 1 is 0.846 bits per heavy atom. The highest BCUT2D eigenvalue weighted by atomic mass is 35.5. The summed E-state index contributed by atoms with van der Waals surface area (Å²) in [4.78, 5) is 28.1. The fraction of sp³-hybridized carbons (Fsp3) is 0.259. The molecule has 0 spiro atoms. The van der Waals surface area contributed by atoms with E-state index in [0.717, 1.165) is 4.31 Å². The Kier molecular flexibility index (Phi) is 10.5. The van der Waals surface area contributed by atoms with Crippen LogP contribution >= 0.6 is 46.4 Å². The highest BCUT2D eigenvalue weighted by Gasteiger charge is 2.33. The van der Waals surface area contributed by atoms with Gasteiger partial charge in [-0.15, -0.1) is 0 Å². The maximum absolute atomic E-state index is 13.9. The molecule has 7 nitrogen and oxygen atoms in total. The molecule has 3 aromatic carbocycles. The van der Waals surface area contributed by atoms with E-state index in [0.29, 0.717) is 10.6 Å². The van der Waals surface area contributed by atoms with E-state index < -0.39 is 34.4 Å². The second kappa shape index (κ2) is 13.2. The fourth-order valence-corrected chi connectivity index (χ4v) is 5.94. The molecular weight excluding hydrogens is 604 g/mol. The molecule has 12 heteroatoms. The molecule has 0 aliphatic rings. The Morgan fingerprint density at radius 2 is 1.49 bits per heavy atom. The van der Waals surface area contributed by atoms with Crippen LogP contribution in [-0.4, -0.2) is 43.8 Å². The van der Waals surface area contributed by atoms with E-state index in [1.54, 1.807) is 57.2 Å². The average Bonchev–Trinajstić information content (AvgIpc) is 2.89. The number of nitrogens with one attached hydrogen (secondary N) is 1. The molecular formula is C27H27Cl4N3O4S. The molecule has 208 valence electrons. The first-order chi connectivity index (χ1) is 18.3. The van der Waals surface area contributed by atoms with Gasteiger partial charge < -0.3 is 10.2 Å². The molecule has 0 unspecified atom stereocenters. The molecule has 0 aromatic heterocycles. The Hall–Kier alpha value is -2.49. The van der Waals surface area contributed by atoms with Gasteiger partial charge in [0.25, 0.3) is 10.0 Å². The van der Waals surface area contributed by atoms with Crippen molar-refractivity contribution in [3.05, 3.63) is 92.4 Å². The lowest BCUT2D eigenvalue weighted by Crippen LogP contribution is -2.52. The summed E-state index contributed by atoms with van der Waals surface area (Å²) < 4.78 is 28.5. The number of hydrogen-bond donors (Lipinski definition) is 1. The summed E-state index contributed by atoms with van der Waals surface area (Å²) in [6.45, 7) is 4.47. The summed E-state index contributed by atoms with van der Waals surface area (Å²) in [6, 6.07) is 15.7. The molecule has 0 saturated carbocycles. The van der Waals surface area contributed by atoms with Crippen LogP contribution in [0.2, 0.25) is 20.1 Å². The number of carbonyl (C=O) groups excluding carboxylic acids is 2. The summed E-state index contributed by atoms with van der Waals surface area (Å²) in [6.07, 6.45) is 0. The van der Waals surface area contributed by atoms with Gasteiger partial charge in [-0.1, -0.05) is 70.7 Å². The molecule has 1 N–H and O–H groups in total. The van der Waals surface area contributed by atoms with Crippen LogP contribution in [-0.2, 0) is 26.2 Å². The molecule has 0 bridgehead atoms. The number of anilines is 1. The van der Waals surface area contributed by atoms with Gasteiger partial charge in [0.1, 0.15) is 12.6 Å². The van der Waals surface area contributed by atoms with Gasteiger partial charge in [0.05, 0.1) is 25.7 Å². The highest BCUT2D eigenvalue weighted by Crippen LogP contribution is 2.33. The first kappa shape index (κ1) is 31.0. The number of halogens is 4. The zero-order valence-corrected chi connectivity index (χ0v) is 25.2. The summed E-state index contributed by atoms with van der Waals surface area (Å²) in [5.74, 6) is -1.06. The van der Waals surface area contributed by atoms with Crippen molar-refractivity contribution < 1.29 is 18.0 Å². The standard InChI is InChI=1S/C27H27Cl4N3O4S/c1-17(2)32-27(36)18(3)33(15-19-9-11-22(29)24(31)13-19)26(35)16-34(25-14-20(28)10-12-23(25)30)39(37,38)21-7-5-4-6-8-21/h4-14,17-18H,15-16H2,1-3H3,(H,32,36)/t18-/m0/s1. The molecule has 2 amide bonds. The maximum Gasteiger partial charge on any atom is 0.264 e. The van der Waals surface area contributed by atoms with E-state index in [9.17, 15) is 18.0 Å². The van der Waals surface area contributed by atoms with Crippen molar-refractivity contribution in [2.45, 2.75) is 44.3 Å². The van der Waals surface area contributed by atoms with E-state index >= 15 is 0 Å². The van der Waals surface area contributed by atoms with Gasteiger partial charge in [0, 0.05) is 17.6 Å². The first-order valence-corrected chi connectivity index (χ1v) is 14.8. The van der Waals surface area contributed by atoms with Gasteiger partial charge in [-0.25, -0.2) is 8.42 Å². The number of rotatable bonds is 10. The molecule has 0 aliphatic heterocycles. The smallest absolute Gasteiger partial charge is 0.264 e. The van der Waals surface area contributed by atoms with Crippen LogP contribution in [0.5, 0.6) is 0 Å². The van der Waals surface area contributed by atoms with Gasteiger partial charge in [0.15, 0.2) is 0 Å². The normalized spacial score (nSPS) is 12.2. The lowest BCUT2D eigenvalue weighted by atomic mass is 10.1. The topological polar surface area (TPSA) is 86.8 Å². The van der Waals surface area contributed by atoms with E-state index in [2.05, 4.69) is 5.32 Å². The zero-order valence-electron chi connectivity index (χ0n) is 21.4. The maximum atomic E-state index is 13.9. The zero-order chi connectivity index (χ0) is 28.9. The van der Waals surface area contributed by atoms with Crippen molar-refractivity contribution in [1.82, 2.24) is 10.2 Å². The van der Waals surface area contributed by atoms with Crippen LogP contribution in [0.1, 0.15) is 26.3 Å². The molecule has 3 aromatic rings. The van der Waals surface area contributed by atoms with Gasteiger partial charge in [-0.2, -0.15) is 0 Å². The van der Waals surface area contributed by atoms with Crippen molar-refractivity contribution in [2.75, 3.05) is 10.8 Å². The Balaban J connectivity index is 2.07. The Labute approximate surface area is 248 Å². The summed E-state index contributed by atoms with van der Waals surface area (Å²) in [7, 11) is -4.27. The van der Waals surface area contributed by atoms with Gasteiger partial charge in [-0.3, -0.25) is 13.9 Å². The quantitative estimate of drug-likeness (QED) is 0.279. The minimum atomic E-state index is -4.27. The molecule has 0 heterocycles. The van der Waals surface area contributed by atoms with E-state index in [1.807, 2.05) is 0 Å². The van der Waals surface area contributed by atoms with Crippen LogP contribution in [0.3, 0.4) is 0 Å². The van der Waals surface area contributed by atoms with Crippen LogP contribution < -0.4 is 9.62 Å². The number of benzene rings is 3. The molecule has 0 fully saturated rings. The van der Waals surface area contributed by atoms with Crippen LogP contribution in [0, 0.1) is 0 Å². The predicted molar refractivity (Wildman–Crippen MR) is 157 cm³/mol. The third-order valence-corrected chi connectivity index (χ3v) is 8.79. The number of sulfonamides is 1. The summed E-state index contributed by atoms with van der Waals surface area (Å²) in [5, 5.41) is 3.71. The van der Waals surface area contributed by atoms with Crippen LogP contribution in [0.15, 0.2) is 71.6 Å². The Morgan fingerprint density at radius 3 is 2.10 bits per heavy atom. The molecule has 39 heavy (non-hydrogen) atoms. The number of nitrogens with zero attached hydrogens (tertiary/aromatic N) is 2. The van der Waals surface area contributed by atoms with Gasteiger partial charge >= 0.3 is 0 Å². The van der Waals surface area contributed by atoms with Crippen molar-refractivity contribution in [3.63, 3.8) is 0 Å². The van der Waals surface area contributed by atoms with Crippen LogP contribution in [0.4, 0.5) is 5.69 Å². The summed E-state index contributed by atoms with van der Waals surface area (Å²) >= 11 is 24.8. The molecule has 0 saturated heterocycles. The minimum absolute atomic E-state index is 0.0233. The third kappa shape index (κ3) is 7.80. The monoisotopic (exact) mass is 629 g/mol. The highest BCUT2D eigenvalue weighted by molar-refractivity contribution is 7.92. The third-order valence-electron chi connectivity index (χ3n) is 5.72. The molecule has 1 atom stereocenters. The lowest BCUT2D eigenvalue weighted by Gasteiger charge is -2.32. The SMILES string of the molecule is CC(C)NC(=O)[C@H](C)N(Cc1ccc(Cl)c(Cl)c1)C(=O)CN(c1cc(Cl)ccc1Cl)S(=O)(=O)c1ccccc1. The largest absolute Gasteiger partial charge is 0.352 e. The summed E-state index contributed by atoms with van der Waals surface area (Å²) in [5.41, 5.74) is 0.621. The van der Waals surface area contributed by atoms with Crippen molar-refractivity contribution in [1.29, 1.82) is 0 Å². The Bertz CT molecular complexity index is 1450. The lowest BCUT2D eigenvalue weighted by molar-refractivity contribution is -0.139. The number of amides is 2. The van der Waals surface area contributed by atoms with E-state index in [4.69, 9.17) is 46.4 Å². The fourth-order valence-electron chi connectivity index (χ4n) is 3.73. The van der Waals surface area contributed by atoms with E-state index in [1.165, 1.54) is 35.2 Å². The second-order valence-electron chi connectivity index (χ2n) is 9.03. The minimum Gasteiger partial charge on any atom is -0.352 e. The first-order valence-electron chi connectivity index (χ1n) is 11.9. The van der Waals surface area contributed by atoms with Crippen LogP contribution in [0.25, 0.3) is 0 Å². The average molecular weight is 631 g/mol. The number of carbonyl (C=O) groups is 2. The molecule has 3 rings (SSSR count). The van der Waals surface area contributed by atoms with E-state index in [-0.39, 0.29) is 38.2 Å².